The van der Waals surface area contributed by atoms with Crippen LogP contribution in [-0.2, 0) is 6.42 Å². The van der Waals surface area contributed by atoms with Gasteiger partial charge in [-0.3, -0.25) is 0 Å². The summed E-state index contributed by atoms with van der Waals surface area (Å²) in [7, 11) is 0. The van der Waals surface area contributed by atoms with E-state index in [-0.39, 0.29) is 6.04 Å². The van der Waals surface area contributed by atoms with E-state index in [2.05, 4.69) is 19.1 Å². The predicted molar refractivity (Wildman–Crippen MR) is 61.8 cm³/mol. The zero-order valence-electron chi connectivity index (χ0n) is 9.40. The van der Waals surface area contributed by atoms with Gasteiger partial charge < -0.3 is 10.8 Å². The minimum atomic E-state index is -0.539. The number of aliphatic hydroxyl groups excluding tert-OH is 1. The van der Waals surface area contributed by atoms with E-state index in [9.17, 15) is 5.11 Å². The molecule has 2 heteroatoms. The molecule has 0 heterocycles. The Hall–Kier alpha value is -0.860. The second kappa shape index (κ2) is 3.95. The largest absolute Gasteiger partial charge is 0.387 e. The molecule has 82 valence electrons. The van der Waals surface area contributed by atoms with Crippen molar-refractivity contribution in [3.63, 3.8) is 0 Å². The van der Waals surface area contributed by atoms with Crippen LogP contribution in [-0.4, -0.2) is 11.1 Å². The van der Waals surface area contributed by atoms with Crippen LogP contribution in [0.1, 0.15) is 49.0 Å². The van der Waals surface area contributed by atoms with Gasteiger partial charge in [0.15, 0.2) is 0 Å². The highest BCUT2D eigenvalue weighted by Crippen LogP contribution is 2.34. The number of aryl methyl sites for hydroxylation is 1. The first kappa shape index (κ1) is 10.7. The maximum atomic E-state index is 9.89. The van der Waals surface area contributed by atoms with Crippen LogP contribution in [0.15, 0.2) is 18.2 Å². The van der Waals surface area contributed by atoms with Gasteiger partial charge in [-0.15, -0.1) is 0 Å². The van der Waals surface area contributed by atoms with Crippen LogP contribution < -0.4 is 5.73 Å². The first-order valence-electron chi connectivity index (χ1n) is 5.66. The van der Waals surface area contributed by atoms with Crippen molar-refractivity contribution in [3.05, 3.63) is 34.9 Å². The van der Waals surface area contributed by atoms with E-state index in [1.807, 2.05) is 13.0 Å². The Balaban J connectivity index is 2.33. The van der Waals surface area contributed by atoms with Gasteiger partial charge in [0.05, 0.1) is 6.10 Å². The molecule has 1 aliphatic rings. The Morgan fingerprint density at radius 2 is 2.20 bits per heavy atom. The fraction of sp³-hybridized carbons (Fsp3) is 0.538. The van der Waals surface area contributed by atoms with Crippen molar-refractivity contribution in [1.82, 2.24) is 0 Å². The highest BCUT2D eigenvalue weighted by molar-refractivity contribution is 5.39. The van der Waals surface area contributed by atoms with Gasteiger partial charge in [0.1, 0.15) is 0 Å². The monoisotopic (exact) mass is 205 g/mol. The van der Waals surface area contributed by atoms with Crippen molar-refractivity contribution in [3.8, 4) is 0 Å². The second-order valence-electron chi connectivity index (χ2n) is 4.70. The maximum Gasteiger partial charge on any atom is 0.0938 e. The van der Waals surface area contributed by atoms with E-state index in [0.29, 0.717) is 5.92 Å². The zero-order valence-corrected chi connectivity index (χ0v) is 9.40. The molecule has 0 spiro atoms. The van der Waals surface area contributed by atoms with Gasteiger partial charge in [-0.25, -0.2) is 0 Å². The molecule has 0 aromatic heterocycles. The summed E-state index contributed by atoms with van der Waals surface area (Å²) < 4.78 is 0. The summed E-state index contributed by atoms with van der Waals surface area (Å²) in [5.74, 6) is 0.625. The number of nitrogens with two attached hydrogens (primary N) is 1. The Bertz CT molecular complexity index is 360. The van der Waals surface area contributed by atoms with Gasteiger partial charge >= 0.3 is 0 Å². The average molecular weight is 205 g/mol. The van der Waals surface area contributed by atoms with Gasteiger partial charge in [-0.05, 0) is 42.4 Å². The van der Waals surface area contributed by atoms with E-state index in [4.69, 9.17) is 5.73 Å². The van der Waals surface area contributed by atoms with E-state index >= 15 is 0 Å². The molecule has 2 rings (SSSR count). The molecule has 15 heavy (non-hydrogen) atoms. The minimum absolute atomic E-state index is 0.209. The fourth-order valence-electron chi connectivity index (χ4n) is 2.31. The second-order valence-corrected chi connectivity index (χ2v) is 4.70. The van der Waals surface area contributed by atoms with Crippen molar-refractivity contribution >= 4 is 0 Å². The molecule has 0 fully saturated rings. The van der Waals surface area contributed by atoms with Crippen LogP contribution in [0.25, 0.3) is 0 Å². The molecule has 2 nitrogen and oxygen atoms in total. The van der Waals surface area contributed by atoms with Crippen LogP contribution in [0, 0.1) is 0 Å². The van der Waals surface area contributed by atoms with Gasteiger partial charge in [0.2, 0.25) is 0 Å². The predicted octanol–water partition coefficient (Wildman–Crippen LogP) is 2.12. The smallest absolute Gasteiger partial charge is 0.0938 e. The van der Waals surface area contributed by atoms with Gasteiger partial charge in [0, 0.05) is 6.04 Å². The molecule has 3 N–H and O–H groups in total. The molecule has 0 radical (unpaired) electrons. The zero-order chi connectivity index (χ0) is 11.0. The van der Waals surface area contributed by atoms with E-state index in [1.54, 1.807) is 0 Å². The third kappa shape index (κ3) is 1.92. The lowest BCUT2D eigenvalue weighted by atomic mass is 9.96. The molecule has 3 atom stereocenters. The molecule has 0 bridgehead atoms. The van der Waals surface area contributed by atoms with Crippen LogP contribution in [0.2, 0.25) is 0 Å². The van der Waals surface area contributed by atoms with Gasteiger partial charge in [-0.2, -0.15) is 0 Å². The Labute approximate surface area is 91.1 Å². The number of benzene rings is 1. The summed E-state index contributed by atoms with van der Waals surface area (Å²) in [6, 6.07) is 6.06. The molecule has 1 aromatic rings. The van der Waals surface area contributed by atoms with Crippen molar-refractivity contribution in [2.75, 3.05) is 0 Å². The SMILES string of the molecule is CC1CCc2ccc(C(O)C(C)N)cc21. The molecule has 0 amide bonds. The quantitative estimate of drug-likeness (QED) is 0.776. The minimum Gasteiger partial charge on any atom is -0.387 e. The lowest BCUT2D eigenvalue weighted by molar-refractivity contribution is 0.153. The molecule has 0 saturated carbocycles. The fourth-order valence-corrected chi connectivity index (χ4v) is 2.31. The summed E-state index contributed by atoms with van der Waals surface area (Å²) in [4.78, 5) is 0. The normalized spacial score (nSPS) is 23.6. The summed E-state index contributed by atoms with van der Waals surface area (Å²) in [6.45, 7) is 4.08. The first-order chi connectivity index (χ1) is 7.09. The third-order valence-electron chi connectivity index (χ3n) is 3.39. The number of fused-ring (bicyclic) bond motifs is 1. The highest BCUT2D eigenvalue weighted by atomic mass is 16.3. The number of rotatable bonds is 2. The standard InChI is InChI=1S/C13H19NO/c1-8-3-4-10-5-6-11(7-12(8)10)13(15)9(2)14/h5-9,13,15H,3-4,14H2,1-2H3. The third-order valence-corrected chi connectivity index (χ3v) is 3.39. The molecular weight excluding hydrogens is 186 g/mol. The Kier molecular flexibility index (Phi) is 2.81. The first-order valence-corrected chi connectivity index (χ1v) is 5.66. The molecule has 1 aromatic carbocycles. The van der Waals surface area contributed by atoms with Crippen LogP contribution >= 0.6 is 0 Å². The van der Waals surface area contributed by atoms with Gasteiger partial charge in [0.25, 0.3) is 0 Å². The molecule has 3 unspecified atom stereocenters. The molecule has 0 saturated heterocycles. The number of hydrogen-bond donors (Lipinski definition) is 2. The summed E-state index contributed by atoms with van der Waals surface area (Å²) >= 11 is 0. The number of hydrogen-bond acceptors (Lipinski definition) is 2. The van der Waals surface area contributed by atoms with Crippen molar-refractivity contribution in [1.29, 1.82) is 0 Å². The lowest BCUT2D eigenvalue weighted by Crippen LogP contribution is -2.24. The van der Waals surface area contributed by atoms with Crippen molar-refractivity contribution < 1.29 is 5.11 Å². The van der Waals surface area contributed by atoms with Crippen LogP contribution in [0.3, 0.4) is 0 Å². The van der Waals surface area contributed by atoms with E-state index in [1.165, 1.54) is 24.0 Å². The van der Waals surface area contributed by atoms with Crippen molar-refractivity contribution in [2.45, 2.75) is 44.8 Å². The summed E-state index contributed by atoms with van der Waals surface area (Å²) in [6.07, 6.45) is 1.86. The lowest BCUT2D eigenvalue weighted by Gasteiger charge is -2.16. The maximum absolute atomic E-state index is 9.89. The topological polar surface area (TPSA) is 46.2 Å². The molecule has 1 aliphatic carbocycles. The van der Waals surface area contributed by atoms with E-state index < -0.39 is 6.10 Å². The van der Waals surface area contributed by atoms with Crippen LogP contribution in [0.4, 0.5) is 0 Å². The average Bonchev–Trinajstić information content (AvgIpc) is 2.59. The summed E-state index contributed by atoms with van der Waals surface area (Å²) in [5, 5.41) is 9.89. The Morgan fingerprint density at radius 3 is 2.87 bits per heavy atom. The molecule has 0 aliphatic heterocycles. The van der Waals surface area contributed by atoms with Crippen LogP contribution in [0.5, 0.6) is 0 Å². The number of aliphatic hydroxyl groups is 1. The van der Waals surface area contributed by atoms with Gasteiger partial charge in [-0.1, -0.05) is 25.1 Å². The summed E-state index contributed by atoms with van der Waals surface area (Å²) in [5.41, 5.74) is 9.48. The molecular formula is C13H19NO. The Morgan fingerprint density at radius 1 is 1.47 bits per heavy atom. The highest BCUT2D eigenvalue weighted by Gasteiger charge is 2.21. The van der Waals surface area contributed by atoms with E-state index in [0.717, 1.165) is 5.56 Å². The van der Waals surface area contributed by atoms with Crippen molar-refractivity contribution in [2.24, 2.45) is 5.73 Å².